The zero-order chi connectivity index (χ0) is 10.9. The minimum absolute atomic E-state index is 0.257. The first-order chi connectivity index (χ1) is 6.29. The molecule has 2 rings (SSSR count). The topological polar surface area (TPSA) is 118 Å². The number of fused-ring (bicyclic) bond motifs is 1. The van der Waals surface area contributed by atoms with Crippen LogP contribution in [0.4, 0.5) is 5.69 Å². The lowest BCUT2D eigenvalue weighted by Gasteiger charge is -2.12. The molecule has 7 nitrogen and oxygen atoms in total. The van der Waals surface area contributed by atoms with Gasteiger partial charge >= 0.3 is 10.4 Å². The van der Waals surface area contributed by atoms with Gasteiger partial charge in [0.25, 0.3) is 5.69 Å². The summed E-state index contributed by atoms with van der Waals surface area (Å²) < 4.78 is 31.6. The first-order valence-corrected chi connectivity index (χ1v) is 4.67. The zero-order valence-corrected chi connectivity index (χ0v) is 7.43. The van der Waals surface area contributed by atoms with Crippen LogP contribution in [0.2, 0.25) is 0 Å². The summed E-state index contributed by atoms with van der Waals surface area (Å²) in [6, 6.07) is 5.20. The largest absolute Gasteiger partial charge is 0.394 e. The maximum atomic E-state index is 10.0. The third-order valence-corrected chi connectivity index (χ3v) is 1.51. The Morgan fingerprint density at radius 2 is 1.79 bits per heavy atom. The van der Waals surface area contributed by atoms with Gasteiger partial charge in [-0.25, -0.2) is 0 Å². The summed E-state index contributed by atoms with van der Waals surface area (Å²) in [4.78, 5) is 9.68. The molecular formula is C6H5NO6S. The number of nitro benzene ring substituents is 1. The van der Waals surface area contributed by atoms with Crippen molar-refractivity contribution in [2.45, 2.75) is 0 Å². The average molecular weight is 219 g/mol. The van der Waals surface area contributed by atoms with Crippen LogP contribution in [0.15, 0.2) is 18.2 Å². The highest BCUT2D eigenvalue weighted by molar-refractivity contribution is 7.79. The molecular weight excluding hydrogens is 214 g/mol. The van der Waals surface area contributed by atoms with Crippen molar-refractivity contribution >= 4 is 16.1 Å². The molecule has 0 bridgehead atoms. The van der Waals surface area contributed by atoms with Crippen molar-refractivity contribution in [3.63, 3.8) is 0 Å². The Bertz CT molecular complexity index is 471. The molecule has 0 heterocycles. The van der Waals surface area contributed by atoms with Crippen LogP contribution in [-0.2, 0) is 10.4 Å². The van der Waals surface area contributed by atoms with E-state index in [2.05, 4.69) is 0 Å². The molecule has 0 aromatic heterocycles. The molecule has 0 aliphatic heterocycles. The molecule has 2 aliphatic rings. The van der Waals surface area contributed by atoms with Crippen molar-refractivity contribution < 1.29 is 22.4 Å². The number of hydrogen-bond acceptors (Lipinski definition) is 4. The first-order valence-electron chi connectivity index (χ1n) is 3.28. The molecule has 0 radical (unpaired) electrons. The number of nitrogens with zero attached hydrogens (tertiary/aromatic N) is 1. The molecule has 0 amide bonds. The quantitative estimate of drug-likeness (QED) is 0.418. The third-order valence-electron chi connectivity index (χ3n) is 1.51. The van der Waals surface area contributed by atoms with E-state index in [1.54, 1.807) is 12.1 Å². The Hall–Kier alpha value is -1.51. The highest BCUT2D eigenvalue weighted by Crippen LogP contribution is 2.41. The molecule has 0 saturated heterocycles. The molecule has 76 valence electrons. The van der Waals surface area contributed by atoms with Gasteiger partial charge in [0.15, 0.2) is 0 Å². The van der Waals surface area contributed by atoms with E-state index in [4.69, 9.17) is 17.5 Å². The van der Waals surface area contributed by atoms with Crippen molar-refractivity contribution in [1.82, 2.24) is 0 Å². The molecule has 2 aliphatic carbocycles. The van der Waals surface area contributed by atoms with Gasteiger partial charge < -0.3 is 0 Å². The second-order valence-electron chi connectivity index (χ2n) is 2.44. The minimum Gasteiger partial charge on any atom is -0.264 e. The van der Waals surface area contributed by atoms with Crippen LogP contribution in [0.1, 0.15) is 0 Å². The molecule has 0 unspecified atom stereocenters. The fraction of sp³-hybridized carbons (Fsp3) is 0. The second-order valence-corrected chi connectivity index (χ2v) is 3.33. The molecule has 0 saturated carbocycles. The molecule has 14 heavy (non-hydrogen) atoms. The Kier molecular flexibility index (Phi) is 2.51. The van der Waals surface area contributed by atoms with E-state index in [1.165, 1.54) is 0 Å². The van der Waals surface area contributed by atoms with Gasteiger partial charge in [0.1, 0.15) is 0 Å². The van der Waals surface area contributed by atoms with Crippen molar-refractivity contribution in [3.05, 3.63) is 28.3 Å². The normalized spacial score (nSPS) is 11.3. The lowest BCUT2D eigenvalue weighted by molar-refractivity contribution is -0.385. The molecule has 0 atom stereocenters. The van der Waals surface area contributed by atoms with Gasteiger partial charge in [-0.05, 0) is 11.6 Å². The summed E-state index contributed by atoms with van der Waals surface area (Å²) in [5.74, 6) is 0. The Morgan fingerprint density at radius 3 is 1.86 bits per heavy atom. The van der Waals surface area contributed by atoms with Gasteiger partial charge in [0.2, 0.25) is 0 Å². The van der Waals surface area contributed by atoms with Gasteiger partial charge in [0, 0.05) is 6.07 Å². The Labute approximate surface area is 78.7 Å². The van der Waals surface area contributed by atoms with E-state index in [9.17, 15) is 10.1 Å². The zero-order valence-electron chi connectivity index (χ0n) is 6.61. The predicted octanol–water partition coefficient (Wildman–Crippen LogP) is 0.922. The summed E-state index contributed by atoms with van der Waals surface area (Å²) in [7, 11) is -4.67. The summed E-state index contributed by atoms with van der Waals surface area (Å²) in [5.41, 5.74) is 2.08. The molecule has 0 spiro atoms. The van der Waals surface area contributed by atoms with E-state index in [1.807, 2.05) is 6.07 Å². The molecule has 8 heteroatoms. The second kappa shape index (κ2) is 3.33. The number of nitro groups is 1. The fourth-order valence-electron chi connectivity index (χ4n) is 0.920. The SMILES string of the molecule is O=S(=O)(O)O.O=[N+]([O-])c1cc2ccc1-2. The maximum Gasteiger partial charge on any atom is 0.394 e. The van der Waals surface area contributed by atoms with Gasteiger partial charge in [-0.2, -0.15) is 8.42 Å². The molecule has 0 aromatic rings. The van der Waals surface area contributed by atoms with Crippen LogP contribution >= 0.6 is 0 Å². The molecule has 0 aromatic carbocycles. The van der Waals surface area contributed by atoms with Gasteiger partial charge in [-0.3, -0.25) is 19.2 Å². The van der Waals surface area contributed by atoms with Crippen molar-refractivity contribution in [1.29, 1.82) is 0 Å². The van der Waals surface area contributed by atoms with Crippen LogP contribution in [0.25, 0.3) is 11.1 Å². The van der Waals surface area contributed by atoms with Gasteiger partial charge in [0.05, 0.1) is 10.5 Å². The maximum absolute atomic E-state index is 10.0. The fourth-order valence-corrected chi connectivity index (χ4v) is 0.920. The summed E-state index contributed by atoms with van der Waals surface area (Å²) in [6.45, 7) is 0. The Morgan fingerprint density at radius 1 is 1.29 bits per heavy atom. The molecule has 0 fully saturated rings. The van der Waals surface area contributed by atoms with Crippen molar-refractivity contribution in [3.8, 4) is 11.1 Å². The highest BCUT2D eigenvalue weighted by atomic mass is 32.3. The summed E-state index contributed by atoms with van der Waals surface area (Å²) in [5, 5.41) is 10.0. The van der Waals surface area contributed by atoms with Crippen LogP contribution in [-0.4, -0.2) is 22.4 Å². The number of hydrogen-bond donors (Lipinski definition) is 2. The van der Waals surface area contributed by atoms with E-state index >= 15 is 0 Å². The van der Waals surface area contributed by atoms with Crippen molar-refractivity contribution in [2.24, 2.45) is 0 Å². The van der Waals surface area contributed by atoms with E-state index in [0.29, 0.717) is 0 Å². The van der Waals surface area contributed by atoms with Crippen LogP contribution < -0.4 is 0 Å². The van der Waals surface area contributed by atoms with E-state index < -0.39 is 10.4 Å². The van der Waals surface area contributed by atoms with Gasteiger partial charge in [-0.1, -0.05) is 6.07 Å². The van der Waals surface area contributed by atoms with Crippen LogP contribution in [0.3, 0.4) is 0 Å². The predicted molar refractivity (Wildman–Crippen MR) is 46.3 cm³/mol. The van der Waals surface area contributed by atoms with Crippen LogP contribution in [0.5, 0.6) is 0 Å². The Balaban J connectivity index is 0.000000171. The van der Waals surface area contributed by atoms with E-state index in [0.717, 1.165) is 11.1 Å². The summed E-state index contributed by atoms with van der Waals surface area (Å²) in [6.07, 6.45) is 0. The number of rotatable bonds is 1. The standard InChI is InChI=1S/C6H3NO2.H2O4S/c8-7(9)6-3-4-1-2-5(4)6;1-5(2,3)4/h1-3H;(H2,1,2,3,4). The van der Waals surface area contributed by atoms with Gasteiger partial charge in [-0.15, -0.1) is 0 Å². The van der Waals surface area contributed by atoms with Crippen LogP contribution in [0, 0.1) is 10.1 Å². The average Bonchev–Trinajstić information content (AvgIpc) is 1.91. The minimum atomic E-state index is -4.67. The number of benzene rings is 1. The smallest absolute Gasteiger partial charge is 0.264 e. The monoisotopic (exact) mass is 219 g/mol. The van der Waals surface area contributed by atoms with E-state index in [-0.39, 0.29) is 10.6 Å². The van der Waals surface area contributed by atoms with Crippen molar-refractivity contribution in [2.75, 3.05) is 0 Å². The lowest BCUT2D eigenvalue weighted by atomic mass is 9.91. The highest BCUT2D eigenvalue weighted by Gasteiger charge is 2.25. The third kappa shape index (κ3) is 2.49. The lowest BCUT2D eigenvalue weighted by Crippen LogP contribution is -1.99. The molecule has 2 N–H and O–H groups in total. The summed E-state index contributed by atoms with van der Waals surface area (Å²) >= 11 is 0. The first kappa shape index (κ1) is 10.6.